The number of fused-ring (bicyclic) bond motifs is 1. The summed E-state index contributed by atoms with van der Waals surface area (Å²) in [5.41, 5.74) is 0.656. The van der Waals surface area contributed by atoms with Crippen molar-refractivity contribution < 1.29 is 24.2 Å². The number of alkyl halides is 1. The number of carbonyl (C=O) groups is 3. The van der Waals surface area contributed by atoms with Gasteiger partial charge >= 0.3 is 0 Å². The minimum atomic E-state index is -0.818. The lowest BCUT2D eigenvalue weighted by atomic mass is 9.70. The highest BCUT2D eigenvalue weighted by molar-refractivity contribution is 9.09. The standard InChI is InChI=1S/C26H32BrN3O5S/c1-5-11-28(3)23(32)19-20-24(33)30(13-14-31)22(26(20)15-18(27)21(19)36-26)25(34)29(12-6-2)16-7-9-17(35-4)10-8-16/h5-10,18-22,31H,1-2,11-15H2,3-4H3/t18?,19-,20+,21-,22?,26?/m1/s1. The zero-order valence-corrected chi connectivity index (χ0v) is 22.9. The summed E-state index contributed by atoms with van der Waals surface area (Å²) in [6, 6.07) is 6.33. The van der Waals surface area contributed by atoms with E-state index in [0.29, 0.717) is 24.4 Å². The monoisotopic (exact) mass is 577 g/mol. The first-order chi connectivity index (χ1) is 17.2. The van der Waals surface area contributed by atoms with E-state index in [9.17, 15) is 19.5 Å². The third-order valence-corrected chi connectivity index (χ3v) is 10.6. The van der Waals surface area contributed by atoms with Gasteiger partial charge < -0.3 is 24.5 Å². The number of benzene rings is 1. The Kier molecular flexibility index (Phi) is 7.87. The number of thioether (sulfide) groups is 1. The number of likely N-dealkylation sites (N-methyl/N-ethyl adjacent to an activating group) is 1. The maximum Gasteiger partial charge on any atom is 0.251 e. The fourth-order valence-corrected chi connectivity index (χ4v) is 9.54. The minimum absolute atomic E-state index is 0.0177. The molecule has 1 aromatic carbocycles. The Morgan fingerprint density at radius 1 is 1.25 bits per heavy atom. The van der Waals surface area contributed by atoms with Crippen LogP contribution in [0.15, 0.2) is 49.6 Å². The fraction of sp³-hybridized carbons (Fsp3) is 0.500. The number of aliphatic hydroxyl groups is 1. The molecule has 3 aliphatic rings. The molecule has 6 atom stereocenters. The second-order valence-electron chi connectivity index (χ2n) is 9.36. The Hall–Kier alpha value is -2.30. The first-order valence-corrected chi connectivity index (χ1v) is 13.7. The van der Waals surface area contributed by atoms with Gasteiger partial charge in [0.15, 0.2) is 0 Å². The first kappa shape index (κ1) is 26.8. The molecule has 3 saturated heterocycles. The number of rotatable bonds is 10. The number of likely N-dealkylation sites (tertiary alicyclic amines) is 1. The maximum atomic E-state index is 14.3. The molecule has 2 bridgehead atoms. The Balaban J connectivity index is 1.77. The SMILES string of the molecule is C=CCN(C)C(=O)[C@H]1[C@@H]2SC3(CC2Br)C(C(=O)N(CC=C)c2ccc(OC)cc2)N(CCO)C(=O)[C@H]13. The molecule has 1 aromatic rings. The van der Waals surface area contributed by atoms with Crippen LogP contribution in [0.1, 0.15) is 6.42 Å². The van der Waals surface area contributed by atoms with E-state index in [2.05, 4.69) is 29.1 Å². The second kappa shape index (κ2) is 10.6. The van der Waals surface area contributed by atoms with E-state index < -0.39 is 22.6 Å². The van der Waals surface area contributed by atoms with Crippen LogP contribution in [0, 0.1) is 11.8 Å². The van der Waals surface area contributed by atoms with E-state index in [1.165, 1.54) is 4.90 Å². The number of nitrogens with zero attached hydrogens (tertiary/aromatic N) is 3. The third kappa shape index (κ3) is 4.16. The molecule has 8 nitrogen and oxygen atoms in total. The molecule has 3 heterocycles. The van der Waals surface area contributed by atoms with E-state index in [1.807, 2.05) is 0 Å². The van der Waals surface area contributed by atoms with Crippen molar-refractivity contribution in [3.05, 3.63) is 49.6 Å². The van der Waals surface area contributed by atoms with Gasteiger partial charge in [0.2, 0.25) is 11.8 Å². The summed E-state index contributed by atoms with van der Waals surface area (Å²) in [5, 5.41) is 9.70. The summed E-state index contributed by atoms with van der Waals surface area (Å²) in [7, 11) is 3.28. The van der Waals surface area contributed by atoms with Crippen molar-refractivity contribution in [1.82, 2.24) is 9.80 Å². The molecule has 0 saturated carbocycles. The number of halogens is 1. The molecule has 3 unspecified atom stereocenters. The maximum absolute atomic E-state index is 14.3. The van der Waals surface area contributed by atoms with Gasteiger partial charge in [-0.05, 0) is 30.7 Å². The lowest BCUT2D eigenvalue weighted by Gasteiger charge is -2.38. The highest BCUT2D eigenvalue weighted by Gasteiger charge is 2.75. The van der Waals surface area contributed by atoms with Crippen molar-refractivity contribution in [3.8, 4) is 5.75 Å². The Morgan fingerprint density at radius 2 is 1.92 bits per heavy atom. The largest absolute Gasteiger partial charge is 0.497 e. The van der Waals surface area contributed by atoms with Gasteiger partial charge in [0, 0.05) is 42.4 Å². The van der Waals surface area contributed by atoms with Crippen LogP contribution in [0.5, 0.6) is 5.75 Å². The summed E-state index contributed by atoms with van der Waals surface area (Å²) < 4.78 is 4.48. The van der Waals surface area contributed by atoms with Crippen LogP contribution < -0.4 is 9.64 Å². The number of hydrogen-bond donors (Lipinski definition) is 1. The topological polar surface area (TPSA) is 90.4 Å². The molecule has 0 radical (unpaired) electrons. The van der Waals surface area contributed by atoms with Gasteiger partial charge in [0.1, 0.15) is 11.8 Å². The van der Waals surface area contributed by atoms with Crippen LogP contribution >= 0.6 is 27.7 Å². The van der Waals surface area contributed by atoms with E-state index in [1.54, 1.807) is 72.1 Å². The predicted octanol–water partition coefficient (Wildman–Crippen LogP) is 2.32. The van der Waals surface area contributed by atoms with E-state index in [0.717, 1.165) is 0 Å². The Morgan fingerprint density at radius 3 is 2.50 bits per heavy atom. The highest BCUT2D eigenvalue weighted by atomic mass is 79.9. The first-order valence-electron chi connectivity index (χ1n) is 11.9. The number of aliphatic hydroxyl groups excluding tert-OH is 1. The lowest BCUT2D eigenvalue weighted by molar-refractivity contribution is -0.143. The van der Waals surface area contributed by atoms with E-state index in [4.69, 9.17) is 4.74 Å². The van der Waals surface area contributed by atoms with Gasteiger partial charge in [-0.2, -0.15) is 0 Å². The van der Waals surface area contributed by atoms with Crippen LogP contribution in [0.2, 0.25) is 0 Å². The molecule has 1 spiro atoms. The number of carbonyl (C=O) groups excluding carboxylic acids is 3. The molecule has 3 fully saturated rings. The quantitative estimate of drug-likeness (QED) is 0.339. The van der Waals surface area contributed by atoms with Gasteiger partial charge in [-0.3, -0.25) is 14.4 Å². The fourth-order valence-electron chi connectivity index (χ4n) is 5.94. The zero-order chi connectivity index (χ0) is 26.2. The number of hydrogen-bond acceptors (Lipinski definition) is 6. The number of methoxy groups -OCH3 is 1. The molecule has 4 rings (SSSR count). The molecule has 3 aliphatic heterocycles. The van der Waals surface area contributed by atoms with Gasteiger partial charge in [-0.25, -0.2) is 0 Å². The summed E-state index contributed by atoms with van der Waals surface area (Å²) in [6.07, 6.45) is 3.88. The van der Waals surface area contributed by atoms with Crippen molar-refractivity contribution in [2.24, 2.45) is 11.8 Å². The van der Waals surface area contributed by atoms with Gasteiger partial charge in [-0.15, -0.1) is 24.9 Å². The molecule has 1 N–H and O–H groups in total. The van der Waals surface area contributed by atoms with Gasteiger partial charge in [-0.1, -0.05) is 28.1 Å². The summed E-state index contributed by atoms with van der Waals surface area (Å²) in [4.78, 5) is 46.4. The van der Waals surface area contributed by atoms with Crippen molar-refractivity contribution in [2.45, 2.75) is 27.3 Å². The van der Waals surface area contributed by atoms with Crippen molar-refractivity contribution in [2.75, 3.05) is 45.3 Å². The Labute approximate surface area is 224 Å². The smallest absolute Gasteiger partial charge is 0.251 e. The number of amides is 3. The number of ether oxygens (including phenoxy) is 1. The predicted molar refractivity (Wildman–Crippen MR) is 144 cm³/mol. The lowest BCUT2D eigenvalue weighted by Crippen LogP contribution is -2.56. The van der Waals surface area contributed by atoms with Crippen LogP contribution in [0.3, 0.4) is 0 Å². The van der Waals surface area contributed by atoms with Gasteiger partial charge in [0.05, 0.1) is 30.3 Å². The zero-order valence-electron chi connectivity index (χ0n) is 20.5. The molecule has 36 heavy (non-hydrogen) atoms. The molecule has 10 heteroatoms. The summed E-state index contributed by atoms with van der Waals surface area (Å²) in [6.45, 7) is 7.93. The third-order valence-electron chi connectivity index (χ3n) is 7.39. The van der Waals surface area contributed by atoms with Crippen molar-refractivity contribution in [1.29, 1.82) is 0 Å². The molecular weight excluding hydrogens is 546 g/mol. The second-order valence-corrected chi connectivity index (χ2v) is 12.1. The number of anilines is 1. The van der Waals surface area contributed by atoms with Crippen LogP contribution in [-0.4, -0.2) is 93.9 Å². The average Bonchev–Trinajstić information content (AvgIpc) is 3.46. The molecule has 0 aliphatic carbocycles. The van der Waals surface area contributed by atoms with Crippen molar-refractivity contribution in [3.63, 3.8) is 0 Å². The normalized spacial score (nSPS) is 30.2. The van der Waals surface area contributed by atoms with E-state index >= 15 is 0 Å². The van der Waals surface area contributed by atoms with E-state index in [-0.39, 0.29) is 47.5 Å². The molecule has 0 aromatic heterocycles. The van der Waals surface area contributed by atoms with Crippen LogP contribution in [0.25, 0.3) is 0 Å². The number of β-amino-alcohol motifs (C(OH)–C–C–N with tert-alkyl or cyclic N) is 1. The minimum Gasteiger partial charge on any atom is -0.497 e. The average molecular weight is 579 g/mol. The summed E-state index contributed by atoms with van der Waals surface area (Å²) >= 11 is 5.34. The van der Waals surface area contributed by atoms with Crippen LogP contribution in [0.4, 0.5) is 5.69 Å². The summed E-state index contributed by atoms with van der Waals surface area (Å²) in [5.74, 6) is -1.13. The highest BCUT2D eigenvalue weighted by Crippen LogP contribution is 2.68. The Bertz CT molecular complexity index is 1050. The molecule has 194 valence electrons. The van der Waals surface area contributed by atoms with Crippen LogP contribution in [-0.2, 0) is 14.4 Å². The molecule has 3 amide bonds. The molecular formula is C26H32BrN3O5S. The van der Waals surface area contributed by atoms with Gasteiger partial charge in [0.25, 0.3) is 5.91 Å². The van der Waals surface area contributed by atoms with Crippen molar-refractivity contribution >= 4 is 51.1 Å².